The number of rotatable bonds is 13. The second-order valence-electron chi connectivity index (χ2n) is 21.3. The molecule has 5 aliphatic carbocycles. The van der Waals surface area contributed by atoms with Crippen LogP contribution in [0.2, 0.25) is 0 Å². The highest BCUT2D eigenvalue weighted by molar-refractivity contribution is 5.76. The van der Waals surface area contributed by atoms with Crippen LogP contribution in [0.25, 0.3) is 0 Å². The second-order valence-corrected chi connectivity index (χ2v) is 21.3. The molecule has 1 aliphatic heterocycles. The highest BCUT2D eigenvalue weighted by Crippen LogP contribution is 2.76. The van der Waals surface area contributed by atoms with Crippen molar-refractivity contribution in [2.75, 3.05) is 13.2 Å². The molecule has 6 rings (SSSR count). The van der Waals surface area contributed by atoms with Crippen molar-refractivity contribution in [2.24, 2.45) is 50.2 Å². The van der Waals surface area contributed by atoms with Crippen LogP contribution < -0.4 is 5.32 Å². The zero-order chi connectivity index (χ0) is 40.9. The number of ether oxygens (including phenoxy) is 3. The molecule has 0 spiro atoms. The molecule has 1 saturated heterocycles. The first-order chi connectivity index (χ1) is 26.3. The van der Waals surface area contributed by atoms with E-state index in [0.29, 0.717) is 11.8 Å². The largest absolute Gasteiger partial charge is 0.481 e. The van der Waals surface area contributed by atoms with Crippen LogP contribution in [0.3, 0.4) is 0 Å². The zero-order valence-corrected chi connectivity index (χ0v) is 36.0. The van der Waals surface area contributed by atoms with Gasteiger partial charge in [0.05, 0.1) is 24.7 Å². The molecule has 1 heterocycles. The molecule has 0 bridgehead atoms. The summed E-state index contributed by atoms with van der Waals surface area (Å²) in [6.07, 6.45) is 13.4. The van der Waals surface area contributed by atoms with Crippen LogP contribution in [0.1, 0.15) is 165 Å². The van der Waals surface area contributed by atoms with Gasteiger partial charge < -0.3 is 40.0 Å². The third kappa shape index (κ3) is 7.51. The first-order valence-corrected chi connectivity index (χ1v) is 22.5. The van der Waals surface area contributed by atoms with Crippen molar-refractivity contribution in [3.8, 4) is 0 Å². The quantitative estimate of drug-likeness (QED) is 0.0702. The minimum absolute atomic E-state index is 0.0167. The first-order valence-electron chi connectivity index (χ1n) is 22.5. The van der Waals surface area contributed by atoms with Gasteiger partial charge in [-0.15, -0.1) is 0 Å². The van der Waals surface area contributed by atoms with E-state index in [1.807, 2.05) is 0 Å². The van der Waals surface area contributed by atoms with Crippen molar-refractivity contribution >= 4 is 12.1 Å². The van der Waals surface area contributed by atoms with Gasteiger partial charge in [-0.05, 0) is 115 Å². The van der Waals surface area contributed by atoms with Gasteiger partial charge >= 0.3 is 12.1 Å². The molecule has 5 N–H and O–H groups in total. The summed E-state index contributed by atoms with van der Waals surface area (Å²) >= 11 is 0. The maximum Gasteiger partial charge on any atom is 0.407 e. The number of amides is 1. The van der Waals surface area contributed by atoms with Crippen LogP contribution in [0, 0.1) is 50.2 Å². The smallest absolute Gasteiger partial charge is 0.407 e. The summed E-state index contributed by atoms with van der Waals surface area (Å²) < 4.78 is 18.5. The van der Waals surface area contributed by atoms with E-state index >= 15 is 0 Å². The Kier molecular flexibility index (Phi) is 12.8. The number of aliphatic carboxylic acids is 1. The molecule has 0 aromatic carbocycles. The van der Waals surface area contributed by atoms with Crippen LogP contribution in [0.15, 0.2) is 11.6 Å². The fourth-order valence-electron chi connectivity index (χ4n) is 13.8. The molecule has 4 saturated carbocycles. The van der Waals surface area contributed by atoms with Gasteiger partial charge in [0.25, 0.3) is 0 Å². The molecule has 5 fully saturated rings. The fourth-order valence-corrected chi connectivity index (χ4v) is 13.8. The standard InChI is InChI=1S/C46H77NO9/c1-9-10-11-12-13-14-15-26-54-40(53)47-35-37(50)36(49)31(28-48)55-38(35)56-34-19-20-43(6)32(42(34,4)5)18-21-45(8)33(43)17-16-29-30-27-41(2,3)22-24-46(30,39(51)52)25-23-44(29,45)7/h16,30-38,48-50H,9-15,17-28H2,1-8H3,(H,47,53)(H,51,52)/t30-,31+,32-,33+,34-,35+,36+,37+,38-,43-,44+,45+,46-/m0/s1. The maximum atomic E-state index is 13.1. The van der Waals surface area contributed by atoms with E-state index < -0.39 is 54.7 Å². The zero-order valence-electron chi connectivity index (χ0n) is 36.0. The maximum absolute atomic E-state index is 13.1. The van der Waals surface area contributed by atoms with Gasteiger partial charge in [0.15, 0.2) is 6.29 Å². The number of carbonyl (C=O) groups excluding carboxylic acids is 1. The average Bonchev–Trinajstić information content (AvgIpc) is 3.13. The number of carboxylic acids is 1. The lowest BCUT2D eigenvalue weighted by atomic mass is 9.33. The second kappa shape index (κ2) is 16.4. The average molecular weight is 788 g/mol. The Hall–Kier alpha value is -1.72. The molecule has 0 aromatic heterocycles. The van der Waals surface area contributed by atoms with Crippen LogP contribution in [0.5, 0.6) is 0 Å². The third-order valence-corrected chi connectivity index (χ3v) is 17.4. The number of aliphatic hydroxyl groups is 3. The van der Waals surface area contributed by atoms with E-state index in [2.05, 4.69) is 66.8 Å². The summed E-state index contributed by atoms with van der Waals surface area (Å²) in [6, 6.07) is -1.08. The molecular formula is C46H77NO9. The van der Waals surface area contributed by atoms with Crippen molar-refractivity contribution in [1.82, 2.24) is 5.32 Å². The Morgan fingerprint density at radius 2 is 1.54 bits per heavy atom. The number of unbranched alkanes of at least 4 members (excludes halogenated alkanes) is 6. The van der Waals surface area contributed by atoms with E-state index in [4.69, 9.17) is 14.2 Å². The highest BCUT2D eigenvalue weighted by Gasteiger charge is 2.69. The van der Waals surface area contributed by atoms with E-state index in [9.17, 15) is 30.0 Å². The molecule has 56 heavy (non-hydrogen) atoms. The number of carbonyl (C=O) groups is 2. The summed E-state index contributed by atoms with van der Waals surface area (Å²) in [5.41, 5.74) is 0.601. The minimum Gasteiger partial charge on any atom is -0.481 e. The van der Waals surface area contributed by atoms with Crippen LogP contribution >= 0.6 is 0 Å². The lowest BCUT2D eigenvalue weighted by Gasteiger charge is -2.71. The van der Waals surface area contributed by atoms with Crippen LogP contribution in [0.4, 0.5) is 4.79 Å². The van der Waals surface area contributed by atoms with Gasteiger partial charge in [-0.25, -0.2) is 4.79 Å². The Morgan fingerprint density at radius 1 is 0.857 bits per heavy atom. The van der Waals surface area contributed by atoms with Gasteiger partial charge in [0, 0.05) is 0 Å². The number of carboxylic acid groups (broad SMARTS) is 1. The summed E-state index contributed by atoms with van der Waals surface area (Å²) in [5, 5.41) is 45.6. The summed E-state index contributed by atoms with van der Waals surface area (Å²) in [6.45, 7) is 18.7. The van der Waals surface area contributed by atoms with Crippen molar-refractivity contribution in [1.29, 1.82) is 0 Å². The molecule has 0 unspecified atom stereocenters. The summed E-state index contributed by atoms with van der Waals surface area (Å²) in [7, 11) is 0. The van der Waals surface area contributed by atoms with Crippen LogP contribution in [-0.2, 0) is 19.0 Å². The van der Waals surface area contributed by atoms with E-state index in [1.54, 1.807) is 0 Å². The van der Waals surface area contributed by atoms with Gasteiger partial charge in [0.2, 0.25) is 0 Å². The normalized spacial score (nSPS) is 43.9. The lowest BCUT2D eigenvalue weighted by molar-refractivity contribution is -0.306. The summed E-state index contributed by atoms with van der Waals surface area (Å²) in [4.78, 5) is 26.1. The Bertz CT molecular complexity index is 1450. The van der Waals surface area contributed by atoms with Crippen molar-refractivity contribution in [3.05, 3.63) is 11.6 Å². The Morgan fingerprint density at radius 3 is 2.21 bits per heavy atom. The first kappa shape index (κ1) is 43.8. The fraction of sp³-hybridized carbons (Fsp3) is 0.913. The van der Waals surface area contributed by atoms with Gasteiger partial charge in [-0.3, -0.25) is 4.79 Å². The van der Waals surface area contributed by atoms with Gasteiger partial charge in [0.1, 0.15) is 24.4 Å². The predicted molar refractivity (Wildman–Crippen MR) is 216 cm³/mol. The summed E-state index contributed by atoms with van der Waals surface area (Å²) in [5.74, 6) is 0.236. The highest BCUT2D eigenvalue weighted by atomic mass is 16.7. The minimum atomic E-state index is -1.42. The number of fused-ring (bicyclic) bond motifs is 7. The van der Waals surface area contributed by atoms with E-state index in [0.717, 1.165) is 83.5 Å². The number of nitrogens with one attached hydrogen (secondary N) is 1. The van der Waals surface area contributed by atoms with Crippen LogP contribution in [-0.4, -0.2) is 82.5 Å². The van der Waals surface area contributed by atoms with E-state index in [-0.39, 0.29) is 45.7 Å². The van der Waals surface area contributed by atoms with Crippen molar-refractivity contribution in [3.63, 3.8) is 0 Å². The molecule has 6 aliphatic rings. The molecule has 1 amide bonds. The number of hydrogen-bond donors (Lipinski definition) is 5. The lowest BCUT2D eigenvalue weighted by Crippen LogP contribution is -2.67. The van der Waals surface area contributed by atoms with Crippen molar-refractivity contribution in [2.45, 2.75) is 201 Å². The molecule has 10 heteroatoms. The molecule has 0 aromatic rings. The topological polar surface area (TPSA) is 155 Å². The van der Waals surface area contributed by atoms with Gasteiger partial charge in [-0.1, -0.05) is 106 Å². The monoisotopic (exact) mass is 788 g/mol. The number of alkyl carbamates (subject to hydrolysis) is 1. The third-order valence-electron chi connectivity index (χ3n) is 17.4. The Balaban J connectivity index is 1.17. The molecule has 0 radical (unpaired) electrons. The van der Waals surface area contributed by atoms with Gasteiger partial charge in [-0.2, -0.15) is 0 Å². The molecule has 320 valence electrons. The van der Waals surface area contributed by atoms with E-state index in [1.165, 1.54) is 31.3 Å². The number of allylic oxidation sites excluding steroid dienone is 2. The molecule has 13 atom stereocenters. The number of aliphatic hydroxyl groups excluding tert-OH is 3. The predicted octanol–water partition coefficient (Wildman–Crippen LogP) is 8.54. The molecular weight excluding hydrogens is 711 g/mol. The SMILES string of the molecule is CCCCCCCCCOC(=O)N[C@H]1[C@H](O[C@H]2CC[C@]3(C)[C@H]4CC=C5[C@@H]6CC(C)(C)CC[C@]6(C(=O)O)CC[C@@]5(C)[C@]4(C)CC[C@H]3C2(C)C)O[C@H](CO)[C@@H](O)[C@@H]1O. The molecule has 10 nitrogen and oxygen atoms in total. The number of hydrogen-bond acceptors (Lipinski definition) is 8. The van der Waals surface area contributed by atoms with Crippen molar-refractivity contribution < 1.29 is 44.2 Å². The Labute approximate surface area is 337 Å².